The second kappa shape index (κ2) is 4.69. The van der Waals surface area contributed by atoms with Gasteiger partial charge in [-0.25, -0.2) is 9.18 Å². The molecule has 6 nitrogen and oxygen atoms in total. The molecule has 2 N–H and O–H groups in total. The Bertz CT molecular complexity index is 589. The van der Waals surface area contributed by atoms with Gasteiger partial charge in [0.15, 0.2) is 0 Å². The summed E-state index contributed by atoms with van der Waals surface area (Å²) in [5, 5.41) is 22.5. The Morgan fingerprint density at radius 3 is 2.55 bits per heavy atom. The van der Waals surface area contributed by atoms with Gasteiger partial charge >= 0.3 is 11.7 Å². The second-order valence-electron chi connectivity index (χ2n) is 4.95. The molecule has 1 saturated carbocycles. The van der Waals surface area contributed by atoms with E-state index in [-0.39, 0.29) is 5.92 Å². The molecular formula is C12H12F2N2O4. The first kappa shape index (κ1) is 14.2. The molecule has 1 aliphatic rings. The highest BCUT2D eigenvalue weighted by molar-refractivity contribution is 5.84. The standard InChI is InChI=1S/C12H12F2N2O4/c1-12(11(17)18,6-2-3-6)15-9-5-7(13)4-8(14)10(9)16(19)20/h4-6,15H,2-3H2,1H3,(H,17,18). The Kier molecular flexibility index (Phi) is 3.33. The molecule has 1 aliphatic carbocycles. The number of aliphatic carboxylic acids is 1. The maximum Gasteiger partial charge on any atom is 0.329 e. The van der Waals surface area contributed by atoms with Crippen LogP contribution in [0, 0.1) is 27.7 Å². The summed E-state index contributed by atoms with van der Waals surface area (Å²) in [5.74, 6) is -3.81. The molecule has 1 aromatic rings. The van der Waals surface area contributed by atoms with E-state index in [1.54, 1.807) is 0 Å². The zero-order chi connectivity index (χ0) is 15.1. The lowest BCUT2D eigenvalue weighted by atomic mass is 9.95. The van der Waals surface area contributed by atoms with E-state index in [0.29, 0.717) is 18.9 Å². The topological polar surface area (TPSA) is 92.5 Å². The van der Waals surface area contributed by atoms with Gasteiger partial charge in [0.2, 0.25) is 5.82 Å². The molecule has 0 aromatic heterocycles. The summed E-state index contributed by atoms with van der Waals surface area (Å²) in [5.41, 5.74) is -2.92. The quantitative estimate of drug-likeness (QED) is 0.641. The van der Waals surface area contributed by atoms with Crippen LogP contribution in [0.1, 0.15) is 19.8 Å². The second-order valence-corrected chi connectivity index (χ2v) is 4.95. The molecule has 1 atom stereocenters. The van der Waals surface area contributed by atoms with Crippen LogP contribution in [-0.4, -0.2) is 21.5 Å². The number of carboxylic acid groups (broad SMARTS) is 1. The molecule has 0 aliphatic heterocycles. The molecule has 0 amide bonds. The first-order valence-electron chi connectivity index (χ1n) is 5.90. The number of nitro groups is 1. The van der Waals surface area contributed by atoms with Gasteiger partial charge in [0.1, 0.15) is 17.0 Å². The van der Waals surface area contributed by atoms with Crippen LogP contribution in [0.2, 0.25) is 0 Å². The van der Waals surface area contributed by atoms with E-state index in [1.165, 1.54) is 6.92 Å². The van der Waals surface area contributed by atoms with E-state index in [9.17, 15) is 28.8 Å². The first-order valence-corrected chi connectivity index (χ1v) is 5.90. The summed E-state index contributed by atoms with van der Waals surface area (Å²) < 4.78 is 26.7. The van der Waals surface area contributed by atoms with Crippen LogP contribution < -0.4 is 5.32 Å². The molecule has 108 valence electrons. The van der Waals surface area contributed by atoms with Gasteiger partial charge in [0.25, 0.3) is 0 Å². The van der Waals surface area contributed by atoms with Crippen molar-refractivity contribution in [3.05, 3.63) is 33.9 Å². The van der Waals surface area contributed by atoms with Crippen LogP contribution in [-0.2, 0) is 4.79 Å². The average Bonchev–Trinajstić information content (AvgIpc) is 3.10. The number of halogens is 2. The molecule has 1 fully saturated rings. The van der Waals surface area contributed by atoms with Gasteiger partial charge < -0.3 is 10.4 Å². The van der Waals surface area contributed by atoms with Crippen LogP contribution in [0.15, 0.2) is 12.1 Å². The Morgan fingerprint density at radius 2 is 2.10 bits per heavy atom. The van der Waals surface area contributed by atoms with Crippen molar-refractivity contribution in [3.8, 4) is 0 Å². The number of nitro benzene ring substituents is 1. The monoisotopic (exact) mass is 286 g/mol. The summed E-state index contributed by atoms with van der Waals surface area (Å²) in [6, 6.07) is 1.11. The van der Waals surface area contributed by atoms with Crippen molar-refractivity contribution < 1.29 is 23.6 Å². The van der Waals surface area contributed by atoms with Crippen molar-refractivity contribution in [2.45, 2.75) is 25.3 Å². The van der Waals surface area contributed by atoms with Crippen LogP contribution in [0.25, 0.3) is 0 Å². The molecule has 0 bridgehead atoms. The number of benzene rings is 1. The Balaban J connectivity index is 2.47. The summed E-state index contributed by atoms with van der Waals surface area (Å²) in [4.78, 5) is 21.2. The van der Waals surface area contributed by atoms with E-state index in [4.69, 9.17) is 0 Å². The highest BCUT2D eigenvalue weighted by Gasteiger charge is 2.48. The number of anilines is 1. The fraction of sp³-hybridized carbons (Fsp3) is 0.417. The predicted molar refractivity (Wildman–Crippen MR) is 65.4 cm³/mol. The van der Waals surface area contributed by atoms with E-state index in [2.05, 4.69) is 5.32 Å². The summed E-state index contributed by atoms with van der Waals surface area (Å²) in [6.45, 7) is 1.35. The van der Waals surface area contributed by atoms with Crippen molar-refractivity contribution in [2.75, 3.05) is 5.32 Å². The van der Waals surface area contributed by atoms with Crippen molar-refractivity contribution >= 4 is 17.3 Å². The number of nitrogens with zero attached hydrogens (tertiary/aromatic N) is 1. The number of hydrogen-bond donors (Lipinski definition) is 2. The number of hydrogen-bond acceptors (Lipinski definition) is 4. The first-order chi connectivity index (χ1) is 9.25. The molecule has 1 unspecified atom stereocenters. The highest BCUT2D eigenvalue weighted by atomic mass is 19.1. The third kappa shape index (κ3) is 2.40. The molecule has 0 spiro atoms. The predicted octanol–water partition coefficient (Wildman–Crippen LogP) is 2.54. The third-order valence-electron chi connectivity index (χ3n) is 3.44. The van der Waals surface area contributed by atoms with Crippen molar-refractivity contribution in [1.29, 1.82) is 0 Å². The van der Waals surface area contributed by atoms with Gasteiger partial charge in [-0.05, 0) is 25.7 Å². The van der Waals surface area contributed by atoms with Crippen molar-refractivity contribution in [1.82, 2.24) is 0 Å². The zero-order valence-electron chi connectivity index (χ0n) is 10.5. The fourth-order valence-electron chi connectivity index (χ4n) is 2.12. The van der Waals surface area contributed by atoms with Gasteiger partial charge in [0, 0.05) is 12.1 Å². The Labute approximate surface area is 112 Å². The van der Waals surface area contributed by atoms with E-state index >= 15 is 0 Å². The van der Waals surface area contributed by atoms with Gasteiger partial charge in [-0.1, -0.05) is 0 Å². The van der Waals surface area contributed by atoms with Crippen LogP contribution in [0.5, 0.6) is 0 Å². The number of carboxylic acids is 1. The van der Waals surface area contributed by atoms with E-state index in [0.717, 1.165) is 6.07 Å². The summed E-state index contributed by atoms with van der Waals surface area (Å²) >= 11 is 0. The molecule has 1 aromatic carbocycles. The molecule has 8 heteroatoms. The number of rotatable bonds is 5. The molecule has 0 radical (unpaired) electrons. The number of nitrogens with one attached hydrogen (secondary N) is 1. The van der Waals surface area contributed by atoms with Crippen LogP contribution >= 0.6 is 0 Å². The lowest BCUT2D eigenvalue weighted by Crippen LogP contribution is -2.45. The zero-order valence-corrected chi connectivity index (χ0v) is 10.5. The summed E-state index contributed by atoms with van der Waals surface area (Å²) in [7, 11) is 0. The van der Waals surface area contributed by atoms with Crippen molar-refractivity contribution in [2.24, 2.45) is 5.92 Å². The minimum atomic E-state index is -1.50. The molecule has 2 rings (SSSR count). The fourth-order valence-corrected chi connectivity index (χ4v) is 2.12. The lowest BCUT2D eigenvalue weighted by molar-refractivity contribution is -0.386. The van der Waals surface area contributed by atoms with Crippen LogP contribution in [0.3, 0.4) is 0 Å². The maximum absolute atomic E-state index is 13.5. The van der Waals surface area contributed by atoms with Crippen LogP contribution in [0.4, 0.5) is 20.2 Å². The largest absolute Gasteiger partial charge is 0.480 e. The molecular weight excluding hydrogens is 274 g/mol. The average molecular weight is 286 g/mol. The van der Waals surface area contributed by atoms with E-state index < -0.39 is 39.4 Å². The van der Waals surface area contributed by atoms with Gasteiger partial charge in [0.05, 0.1) is 4.92 Å². The Morgan fingerprint density at radius 1 is 1.50 bits per heavy atom. The number of carbonyl (C=O) groups is 1. The smallest absolute Gasteiger partial charge is 0.329 e. The summed E-state index contributed by atoms with van der Waals surface area (Å²) in [6.07, 6.45) is 1.28. The maximum atomic E-state index is 13.5. The SMILES string of the molecule is CC(Nc1cc(F)cc(F)c1[N+](=O)[O-])(C(=O)O)C1CC1. The minimum Gasteiger partial charge on any atom is -0.480 e. The normalized spacial score (nSPS) is 17.4. The molecule has 20 heavy (non-hydrogen) atoms. The third-order valence-corrected chi connectivity index (χ3v) is 3.44. The lowest BCUT2D eigenvalue weighted by Gasteiger charge is -2.27. The van der Waals surface area contributed by atoms with Crippen molar-refractivity contribution in [3.63, 3.8) is 0 Å². The highest BCUT2D eigenvalue weighted by Crippen LogP contribution is 2.43. The minimum absolute atomic E-state index is 0.231. The van der Waals surface area contributed by atoms with Gasteiger partial charge in [-0.3, -0.25) is 10.1 Å². The van der Waals surface area contributed by atoms with Gasteiger partial charge in [-0.2, -0.15) is 4.39 Å². The Hall–Kier alpha value is -2.25. The molecule has 0 saturated heterocycles. The van der Waals surface area contributed by atoms with E-state index in [1.807, 2.05) is 0 Å². The molecule has 0 heterocycles. The van der Waals surface area contributed by atoms with Gasteiger partial charge in [-0.15, -0.1) is 0 Å².